The maximum atomic E-state index is 12.8. The molecule has 2 aromatic rings. The van der Waals surface area contributed by atoms with Gasteiger partial charge in [-0.1, -0.05) is 23.5 Å². The van der Waals surface area contributed by atoms with E-state index >= 15 is 0 Å². The Morgan fingerprint density at radius 3 is 2.32 bits per heavy atom. The lowest BCUT2D eigenvalue weighted by molar-refractivity contribution is -0.133. The van der Waals surface area contributed by atoms with E-state index in [-0.39, 0.29) is 18.0 Å². The normalized spacial score (nSPS) is 19.0. The van der Waals surface area contributed by atoms with E-state index in [4.69, 9.17) is 0 Å². The maximum Gasteiger partial charge on any atom is 0.320 e. The van der Waals surface area contributed by atoms with E-state index < -0.39 is 0 Å². The lowest BCUT2D eigenvalue weighted by atomic mass is 10.1. The molecule has 1 aromatic carbocycles. The smallest absolute Gasteiger partial charge is 0.320 e. The number of aromatic nitrogens is 1. The van der Waals surface area contributed by atoms with Gasteiger partial charge in [0, 0.05) is 39.3 Å². The summed E-state index contributed by atoms with van der Waals surface area (Å²) < 4.78 is 1.11. The van der Waals surface area contributed by atoms with Gasteiger partial charge in [0.2, 0.25) is 5.91 Å². The van der Waals surface area contributed by atoms with Crippen LogP contribution in [0.3, 0.4) is 0 Å². The number of piperidine rings is 1. The van der Waals surface area contributed by atoms with Crippen LogP contribution in [0.25, 0.3) is 10.2 Å². The molecule has 28 heavy (non-hydrogen) atoms. The van der Waals surface area contributed by atoms with Gasteiger partial charge in [-0.15, -0.1) is 0 Å². The van der Waals surface area contributed by atoms with Gasteiger partial charge in [0.05, 0.1) is 10.2 Å². The second-order valence-electron chi connectivity index (χ2n) is 7.50. The molecule has 2 aliphatic heterocycles. The third-order valence-corrected chi connectivity index (χ3v) is 6.46. The van der Waals surface area contributed by atoms with Crippen LogP contribution in [0.5, 0.6) is 0 Å². The first-order valence-electron chi connectivity index (χ1n) is 10.1. The summed E-state index contributed by atoms with van der Waals surface area (Å²) in [6, 6.07) is 7.75. The van der Waals surface area contributed by atoms with Crippen LogP contribution in [0, 0.1) is 0 Å². The number of likely N-dealkylation sites (tertiary alicyclic amines) is 1. The first-order chi connectivity index (χ1) is 13.6. The number of amides is 3. The molecule has 0 saturated carbocycles. The Kier molecular flexibility index (Phi) is 5.66. The molecule has 1 aromatic heterocycles. The lowest BCUT2D eigenvalue weighted by Gasteiger charge is -2.39. The fourth-order valence-corrected chi connectivity index (χ4v) is 4.81. The molecule has 8 heteroatoms. The monoisotopic (exact) mass is 401 g/mol. The third-order valence-electron chi connectivity index (χ3n) is 5.49. The molecule has 3 amide bonds. The van der Waals surface area contributed by atoms with Crippen molar-refractivity contribution in [3.63, 3.8) is 0 Å². The second-order valence-corrected chi connectivity index (χ2v) is 8.53. The molecule has 2 fully saturated rings. The standard InChI is InChI=1S/C20H27N5O2S/c1-15(21-19-22-16-7-3-4-8-17(16)28-19)18(26)23-11-13-25(14-12-23)20(27)24-9-5-2-6-10-24/h3-4,7-8,15H,2,5-6,9-14H2,1H3,(H,21,22). The molecule has 3 heterocycles. The Hall–Kier alpha value is -2.35. The number of fused-ring (bicyclic) bond motifs is 1. The van der Waals surface area contributed by atoms with E-state index in [9.17, 15) is 9.59 Å². The van der Waals surface area contributed by atoms with Crippen molar-refractivity contribution in [2.24, 2.45) is 0 Å². The van der Waals surface area contributed by atoms with Gasteiger partial charge in [0.15, 0.2) is 5.13 Å². The van der Waals surface area contributed by atoms with E-state index in [1.54, 1.807) is 11.3 Å². The number of hydrogen-bond donors (Lipinski definition) is 1. The largest absolute Gasteiger partial charge is 0.350 e. The number of nitrogens with zero attached hydrogens (tertiary/aromatic N) is 4. The molecule has 4 rings (SSSR count). The highest BCUT2D eigenvalue weighted by Gasteiger charge is 2.29. The molecule has 1 atom stereocenters. The number of para-hydroxylation sites is 1. The van der Waals surface area contributed by atoms with Crippen LogP contribution in [0.1, 0.15) is 26.2 Å². The minimum Gasteiger partial charge on any atom is -0.350 e. The topological polar surface area (TPSA) is 68.8 Å². The molecule has 150 valence electrons. The maximum absolute atomic E-state index is 12.8. The van der Waals surface area contributed by atoms with Crippen LogP contribution in [-0.4, -0.2) is 76.9 Å². The summed E-state index contributed by atoms with van der Waals surface area (Å²) in [4.78, 5) is 35.7. The van der Waals surface area contributed by atoms with Gasteiger partial charge < -0.3 is 20.0 Å². The van der Waals surface area contributed by atoms with E-state index in [1.807, 2.05) is 45.9 Å². The number of carbonyl (C=O) groups is 2. The first kappa shape index (κ1) is 19.0. The molecular formula is C20H27N5O2S. The number of rotatable bonds is 3. The van der Waals surface area contributed by atoms with Crippen molar-refractivity contribution in [1.29, 1.82) is 0 Å². The average Bonchev–Trinajstić information content (AvgIpc) is 3.15. The second kappa shape index (κ2) is 8.34. The van der Waals surface area contributed by atoms with Gasteiger partial charge in [-0.05, 0) is 38.3 Å². The van der Waals surface area contributed by atoms with E-state index in [2.05, 4.69) is 10.3 Å². The summed E-state index contributed by atoms with van der Waals surface area (Å²) >= 11 is 1.56. The number of urea groups is 1. The van der Waals surface area contributed by atoms with E-state index in [0.717, 1.165) is 41.3 Å². The molecule has 7 nitrogen and oxygen atoms in total. The van der Waals surface area contributed by atoms with Gasteiger partial charge in [0.1, 0.15) is 6.04 Å². The number of carbonyl (C=O) groups excluding carboxylic acids is 2. The fraction of sp³-hybridized carbons (Fsp3) is 0.550. The molecule has 1 N–H and O–H groups in total. The minimum atomic E-state index is -0.343. The Morgan fingerprint density at radius 2 is 1.61 bits per heavy atom. The molecule has 2 saturated heterocycles. The van der Waals surface area contributed by atoms with Crippen LogP contribution in [0.15, 0.2) is 24.3 Å². The van der Waals surface area contributed by atoms with Crippen molar-refractivity contribution in [1.82, 2.24) is 19.7 Å². The van der Waals surface area contributed by atoms with Gasteiger partial charge in [-0.3, -0.25) is 4.79 Å². The summed E-state index contributed by atoms with van der Waals surface area (Å²) in [5.74, 6) is 0.0596. The first-order valence-corrected chi connectivity index (χ1v) is 10.9. The number of anilines is 1. The summed E-state index contributed by atoms with van der Waals surface area (Å²) in [5, 5.41) is 4.01. The molecular weight excluding hydrogens is 374 g/mol. The highest BCUT2D eigenvalue weighted by molar-refractivity contribution is 7.22. The summed E-state index contributed by atoms with van der Waals surface area (Å²) in [6.07, 6.45) is 3.41. The van der Waals surface area contributed by atoms with E-state index in [1.165, 1.54) is 6.42 Å². The number of hydrogen-bond acceptors (Lipinski definition) is 5. The van der Waals surface area contributed by atoms with E-state index in [0.29, 0.717) is 26.2 Å². The van der Waals surface area contributed by atoms with Crippen molar-refractivity contribution >= 4 is 38.6 Å². The van der Waals surface area contributed by atoms with Crippen molar-refractivity contribution in [2.45, 2.75) is 32.2 Å². The van der Waals surface area contributed by atoms with Crippen molar-refractivity contribution < 1.29 is 9.59 Å². The van der Waals surface area contributed by atoms with Gasteiger partial charge in [0.25, 0.3) is 0 Å². The Balaban J connectivity index is 1.29. The Morgan fingerprint density at radius 1 is 0.964 bits per heavy atom. The zero-order chi connectivity index (χ0) is 19.5. The molecule has 0 aliphatic carbocycles. The van der Waals surface area contributed by atoms with Crippen LogP contribution in [0.4, 0.5) is 9.93 Å². The number of piperazine rings is 1. The minimum absolute atomic E-state index is 0.0596. The Labute approximate surface area is 169 Å². The molecule has 0 spiro atoms. The predicted octanol–water partition coefficient (Wildman–Crippen LogP) is 2.85. The van der Waals surface area contributed by atoms with Crippen LogP contribution in [-0.2, 0) is 4.79 Å². The van der Waals surface area contributed by atoms with Gasteiger partial charge in [-0.2, -0.15) is 0 Å². The molecule has 1 unspecified atom stereocenters. The van der Waals surface area contributed by atoms with Crippen molar-refractivity contribution in [3.8, 4) is 0 Å². The van der Waals surface area contributed by atoms with Crippen molar-refractivity contribution in [3.05, 3.63) is 24.3 Å². The number of benzene rings is 1. The number of nitrogens with one attached hydrogen (secondary N) is 1. The fourth-order valence-electron chi connectivity index (χ4n) is 3.86. The Bertz CT molecular complexity index is 807. The zero-order valence-electron chi connectivity index (χ0n) is 16.3. The quantitative estimate of drug-likeness (QED) is 0.859. The van der Waals surface area contributed by atoms with Gasteiger partial charge >= 0.3 is 6.03 Å². The lowest BCUT2D eigenvalue weighted by Crippen LogP contribution is -2.56. The SMILES string of the molecule is CC(Nc1nc2ccccc2s1)C(=O)N1CCN(C(=O)N2CCCCC2)CC1. The molecule has 0 radical (unpaired) electrons. The molecule has 0 bridgehead atoms. The van der Waals surface area contributed by atoms with Crippen LogP contribution in [0.2, 0.25) is 0 Å². The average molecular weight is 402 g/mol. The molecule has 2 aliphatic rings. The zero-order valence-corrected chi connectivity index (χ0v) is 17.1. The third kappa shape index (κ3) is 4.06. The van der Waals surface area contributed by atoms with Crippen LogP contribution >= 0.6 is 11.3 Å². The van der Waals surface area contributed by atoms with Gasteiger partial charge in [-0.25, -0.2) is 9.78 Å². The summed E-state index contributed by atoms with van der Waals surface area (Å²) in [5.41, 5.74) is 0.944. The summed E-state index contributed by atoms with van der Waals surface area (Å²) in [6.45, 7) is 5.99. The summed E-state index contributed by atoms with van der Waals surface area (Å²) in [7, 11) is 0. The van der Waals surface area contributed by atoms with Crippen LogP contribution < -0.4 is 5.32 Å². The predicted molar refractivity (Wildman–Crippen MR) is 112 cm³/mol. The van der Waals surface area contributed by atoms with Crippen molar-refractivity contribution in [2.75, 3.05) is 44.6 Å². The number of thiazole rings is 1. The highest BCUT2D eigenvalue weighted by Crippen LogP contribution is 2.26. The highest BCUT2D eigenvalue weighted by atomic mass is 32.1.